The first-order valence-corrected chi connectivity index (χ1v) is 8.07. The van der Waals surface area contributed by atoms with Crippen LogP contribution in [0.2, 0.25) is 0 Å². The summed E-state index contributed by atoms with van der Waals surface area (Å²) in [6, 6.07) is 6.64. The molecule has 0 saturated carbocycles. The number of para-hydroxylation sites is 1. The maximum atomic E-state index is 12.1. The van der Waals surface area contributed by atoms with Gasteiger partial charge in [0, 0.05) is 6.04 Å². The van der Waals surface area contributed by atoms with E-state index < -0.39 is 9.84 Å². The van der Waals surface area contributed by atoms with Crippen molar-refractivity contribution in [2.24, 2.45) is 0 Å². The van der Waals surface area contributed by atoms with Crippen LogP contribution in [-0.4, -0.2) is 38.5 Å². The van der Waals surface area contributed by atoms with E-state index in [-0.39, 0.29) is 23.5 Å². The summed E-state index contributed by atoms with van der Waals surface area (Å²) in [5.74, 6) is 0.398. The molecule has 1 heterocycles. The first-order valence-electron chi connectivity index (χ1n) is 6.25. The summed E-state index contributed by atoms with van der Waals surface area (Å²) >= 11 is 0. The second kappa shape index (κ2) is 5.61. The van der Waals surface area contributed by atoms with E-state index in [0.29, 0.717) is 24.3 Å². The molecule has 1 aromatic carbocycles. The lowest BCUT2D eigenvalue weighted by molar-refractivity contribution is 0.0937. The van der Waals surface area contributed by atoms with E-state index in [9.17, 15) is 13.2 Å². The van der Waals surface area contributed by atoms with Gasteiger partial charge in [0.25, 0.3) is 5.91 Å². The van der Waals surface area contributed by atoms with Crippen LogP contribution in [0, 0.1) is 0 Å². The number of benzene rings is 1. The van der Waals surface area contributed by atoms with Crippen molar-refractivity contribution in [1.82, 2.24) is 5.32 Å². The molecule has 0 unspecified atom stereocenters. The molecule has 0 spiro atoms. The van der Waals surface area contributed by atoms with Gasteiger partial charge >= 0.3 is 0 Å². The summed E-state index contributed by atoms with van der Waals surface area (Å²) in [6.45, 7) is 2.32. The second-order valence-electron chi connectivity index (χ2n) is 4.50. The Bertz CT molecular complexity index is 568. The molecule has 0 aromatic heterocycles. The van der Waals surface area contributed by atoms with Crippen LogP contribution in [0.25, 0.3) is 0 Å². The van der Waals surface area contributed by atoms with Crippen molar-refractivity contribution in [3.05, 3.63) is 29.8 Å². The molecule has 1 atom stereocenters. The first-order chi connectivity index (χ1) is 9.02. The van der Waals surface area contributed by atoms with Gasteiger partial charge in [-0.25, -0.2) is 8.42 Å². The van der Waals surface area contributed by atoms with Crippen molar-refractivity contribution < 1.29 is 17.9 Å². The van der Waals surface area contributed by atoms with Crippen molar-refractivity contribution >= 4 is 15.7 Å². The molecule has 1 aromatic rings. The maximum Gasteiger partial charge on any atom is 0.255 e. The van der Waals surface area contributed by atoms with Gasteiger partial charge in [-0.3, -0.25) is 4.79 Å². The molecule has 0 bridgehead atoms. The van der Waals surface area contributed by atoms with E-state index in [2.05, 4.69) is 5.32 Å². The average molecular weight is 283 g/mol. The van der Waals surface area contributed by atoms with Crippen LogP contribution in [0.5, 0.6) is 5.75 Å². The Balaban J connectivity index is 2.08. The highest BCUT2D eigenvalue weighted by Gasteiger charge is 2.29. The monoisotopic (exact) mass is 283 g/mol. The smallest absolute Gasteiger partial charge is 0.255 e. The van der Waals surface area contributed by atoms with E-state index in [4.69, 9.17) is 4.74 Å². The molecule has 0 aliphatic carbocycles. The van der Waals surface area contributed by atoms with Crippen LogP contribution in [0.4, 0.5) is 0 Å². The van der Waals surface area contributed by atoms with E-state index in [1.807, 2.05) is 6.92 Å². The summed E-state index contributed by atoms with van der Waals surface area (Å²) < 4.78 is 28.1. The topological polar surface area (TPSA) is 72.5 Å². The van der Waals surface area contributed by atoms with Crippen molar-refractivity contribution in [3.8, 4) is 5.75 Å². The molecular formula is C13H17NO4S. The fourth-order valence-corrected chi connectivity index (χ4v) is 3.78. The minimum absolute atomic E-state index is 0.0234. The lowest BCUT2D eigenvalue weighted by atomic mass is 10.1. The molecule has 1 amide bonds. The fraction of sp³-hybridized carbons (Fsp3) is 0.462. The van der Waals surface area contributed by atoms with Crippen LogP contribution < -0.4 is 10.1 Å². The number of sulfone groups is 1. The predicted molar refractivity (Wildman–Crippen MR) is 72.1 cm³/mol. The maximum absolute atomic E-state index is 12.1. The second-order valence-corrected chi connectivity index (χ2v) is 6.73. The third kappa shape index (κ3) is 3.47. The van der Waals surface area contributed by atoms with Gasteiger partial charge in [0.1, 0.15) is 5.75 Å². The number of rotatable bonds is 4. The van der Waals surface area contributed by atoms with Gasteiger partial charge in [-0.2, -0.15) is 0 Å². The van der Waals surface area contributed by atoms with Crippen LogP contribution in [0.1, 0.15) is 23.7 Å². The third-order valence-electron chi connectivity index (χ3n) is 3.00. The fourth-order valence-electron chi connectivity index (χ4n) is 2.11. The Kier molecular flexibility index (Phi) is 4.09. The van der Waals surface area contributed by atoms with Gasteiger partial charge < -0.3 is 10.1 Å². The van der Waals surface area contributed by atoms with Crippen molar-refractivity contribution in [1.29, 1.82) is 0 Å². The summed E-state index contributed by atoms with van der Waals surface area (Å²) in [7, 11) is -2.99. The summed E-state index contributed by atoms with van der Waals surface area (Å²) in [5, 5.41) is 2.75. The quantitative estimate of drug-likeness (QED) is 0.895. The Morgan fingerprint density at radius 1 is 1.42 bits per heavy atom. The van der Waals surface area contributed by atoms with Gasteiger partial charge in [0.15, 0.2) is 9.84 Å². The van der Waals surface area contributed by atoms with Crippen molar-refractivity contribution in [2.75, 3.05) is 18.1 Å². The van der Waals surface area contributed by atoms with Crippen molar-refractivity contribution in [2.45, 2.75) is 19.4 Å². The molecule has 5 nitrogen and oxygen atoms in total. The van der Waals surface area contributed by atoms with Gasteiger partial charge in [0.2, 0.25) is 0 Å². The first kappa shape index (κ1) is 13.9. The zero-order valence-electron chi connectivity index (χ0n) is 10.8. The highest BCUT2D eigenvalue weighted by atomic mass is 32.2. The SMILES string of the molecule is CCOc1ccccc1C(=O)N[C@@H]1CCS(=O)(=O)C1. The van der Waals surface area contributed by atoms with Crippen LogP contribution in [-0.2, 0) is 9.84 Å². The minimum Gasteiger partial charge on any atom is -0.493 e. The Hall–Kier alpha value is -1.56. The highest BCUT2D eigenvalue weighted by Crippen LogP contribution is 2.19. The molecule has 19 heavy (non-hydrogen) atoms. The molecular weight excluding hydrogens is 266 g/mol. The molecule has 1 fully saturated rings. The molecule has 104 valence electrons. The molecule has 1 saturated heterocycles. The Labute approximate surface area is 112 Å². The lowest BCUT2D eigenvalue weighted by Crippen LogP contribution is -2.35. The molecule has 1 aliphatic rings. The predicted octanol–water partition coefficient (Wildman–Crippen LogP) is 1.00. The summed E-state index contributed by atoms with van der Waals surface area (Å²) in [6.07, 6.45) is 0.477. The number of carbonyl (C=O) groups is 1. The standard InChI is InChI=1S/C13H17NO4S/c1-2-18-12-6-4-3-5-11(12)13(15)14-10-7-8-19(16,17)9-10/h3-6,10H,2,7-9H2,1H3,(H,14,15)/t10-/m1/s1. The summed E-state index contributed by atoms with van der Waals surface area (Å²) in [4.78, 5) is 12.1. The van der Waals surface area contributed by atoms with Crippen LogP contribution >= 0.6 is 0 Å². The van der Waals surface area contributed by atoms with Crippen LogP contribution in [0.15, 0.2) is 24.3 Å². The van der Waals surface area contributed by atoms with Gasteiger partial charge in [-0.1, -0.05) is 12.1 Å². The zero-order valence-corrected chi connectivity index (χ0v) is 11.6. The zero-order chi connectivity index (χ0) is 13.9. The van der Waals surface area contributed by atoms with E-state index in [1.165, 1.54) is 0 Å². The number of hydrogen-bond acceptors (Lipinski definition) is 4. The summed E-state index contributed by atoms with van der Waals surface area (Å²) in [5.41, 5.74) is 0.439. The van der Waals surface area contributed by atoms with Gasteiger partial charge in [-0.05, 0) is 25.5 Å². The highest BCUT2D eigenvalue weighted by molar-refractivity contribution is 7.91. The number of nitrogens with one attached hydrogen (secondary N) is 1. The number of ether oxygens (including phenoxy) is 1. The van der Waals surface area contributed by atoms with E-state index >= 15 is 0 Å². The molecule has 6 heteroatoms. The van der Waals surface area contributed by atoms with Crippen molar-refractivity contribution in [3.63, 3.8) is 0 Å². The molecule has 0 radical (unpaired) electrons. The molecule has 2 rings (SSSR count). The normalized spacial score (nSPS) is 21.0. The van der Waals surface area contributed by atoms with Crippen LogP contribution in [0.3, 0.4) is 0 Å². The number of carbonyl (C=O) groups excluding carboxylic acids is 1. The largest absolute Gasteiger partial charge is 0.493 e. The van der Waals surface area contributed by atoms with E-state index in [0.717, 1.165) is 0 Å². The lowest BCUT2D eigenvalue weighted by Gasteiger charge is -2.13. The van der Waals surface area contributed by atoms with Gasteiger partial charge in [-0.15, -0.1) is 0 Å². The Morgan fingerprint density at radius 2 is 2.16 bits per heavy atom. The average Bonchev–Trinajstić information content (AvgIpc) is 2.69. The van der Waals surface area contributed by atoms with E-state index in [1.54, 1.807) is 24.3 Å². The molecule has 1 N–H and O–H groups in total. The Morgan fingerprint density at radius 3 is 2.79 bits per heavy atom. The number of amides is 1. The minimum atomic E-state index is -2.99. The molecule has 1 aliphatic heterocycles. The van der Waals surface area contributed by atoms with Gasteiger partial charge in [0.05, 0.1) is 23.7 Å². The number of hydrogen-bond donors (Lipinski definition) is 1. The third-order valence-corrected chi connectivity index (χ3v) is 4.77.